The lowest BCUT2D eigenvalue weighted by molar-refractivity contribution is -0.116. The van der Waals surface area contributed by atoms with E-state index in [0.29, 0.717) is 22.7 Å². The lowest BCUT2D eigenvalue weighted by Crippen LogP contribution is -2.27. The van der Waals surface area contributed by atoms with Crippen molar-refractivity contribution in [2.75, 3.05) is 24.9 Å². The van der Waals surface area contributed by atoms with Gasteiger partial charge in [-0.15, -0.1) is 0 Å². The van der Waals surface area contributed by atoms with Gasteiger partial charge in [-0.3, -0.25) is 14.4 Å². The predicted molar refractivity (Wildman–Crippen MR) is 118 cm³/mol. The van der Waals surface area contributed by atoms with E-state index in [1.165, 1.54) is 32.5 Å². The smallest absolute Gasteiger partial charge is 0.339 e. The number of anilines is 2. The van der Waals surface area contributed by atoms with Crippen molar-refractivity contribution in [3.8, 4) is 5.75 Å². The number of nitrogens with zero attached hydrogens (tertiary/aromatic N) is 1. The lowest BCUT2D eigenvalue weighted by Gasteiger charge is -2.11. The van der Waals surface area contributed by atoms with Crippen LogP contribution in [0.2, 0.25) is 0 Å². The molecule has 2 aromatic carbocycles. The first kappa shape index (κ1) is 22.3. The molecule has 0 fully saturated rings. The van der Waals surface area contributed by atoms with Gasteiger partial charge in [0.05, 0.1) is 25.5 Å². The Kier molecular flexibility index (Phi) is 7.02. The number of aromatic nitrogens is 1. The number of carbonyl (C=O) groups excluding carboxylic acids is 3. The Morgan fingerprint density at radius 3 is 2.25 bits per heavy atom. The highest BCUT2D eigenvalue weighted by atomic mass is 16.5. The second-order valence-corrected chi connectivity index (χ2v) is 6.66. The Morgan fingerprint density at radius 1 is 0.875 bits per heavy atom. The second kappa shape index (κ2) is 10.1. The van der Waals surface area contributed by atoms with Crippen molar-refractivity contribution < 1.29 is 23.9 Å². The largest absolute Gasteiger partial charge is 0.495 e. The van der Waals surface area contributed by atoms with Crippen LogP contribution in [-0.2, 0) is 16.1 Å². The zero-order valence-corrected chi connectivity index (χ0v) is 17.5. The minimum atomic E-state index is -0.610. The highest BCUT2D eigenvalue weighted by molar-refractivity contribution is 6.05. The average Bonchev–Trinajstić information content (AvgIpc) is 2.80. The van der Waals surface area contributed by atoms with E-state index in [1.54, 1.807) is 48.5 Å². The van der Waals surface area contributed by atoms with Crippen LogP contribution in [0.3, 0.4) is 0 Å². The molecule has 1 aromatic heterocycles. The van der Waals surface area contributed by atoms with Crippen LogP contribution in [0, 0.1) is 0 Å². The average molecular weight is 435 g/mol. The highest BCUT2D eigenvalue weighted by Crippen LogP contribution is 2.23. The number of ether oxygens (including phenoxy) is 2. The molecule has 0 saturated carbocycles. The van der Waals surface area contributed by atoms with E-state index in [0.717, 1.165) is 4.57 Å². The van der Waals surface area contributed by atoms with Crippen LogP contribution in [0.15, 0.2) is 71.7 Å². The molecule has 0 saturated heterocycles. The number of rotatable bonds is 7. The van der Waals surface area contributed by atoms with E-state index < -0.39 is 17.4 Å². The quantitative estimate of drug-likeness (QED) is 0.551. The van der Waals surface area contributed by atoms with Crippen LogP contribution in [0.1, 0.15) is 20.7 Å². The van der Waals surface area contributed by atoms with Gasteiger partial charge in [-0.2, -0.15) is 0 Å². The van der Waals surface area contributed by atoms with Gasteiger partial charge < -0.3 is 24.7 Å². The number of nitrogens with one attached hydrogen (secondary N) is 2. The van der Waals surface area contributed by atoms with Crippen LogP contribution in [0.4, 0.5) is 11.4 Å². The molecule has 2 amide bonds. The van der Waals surface area contributed by atoms with Gasteiger partial charge >= 0.3 is 5.97 Å². The third-order valence-electron chi connectivity index (χ3n) is 4.50. The summed E-state index contributed by atoms with van der Waals surface area (Å²) >= 11 is 0. The molecule has 32 heavy (non-hydrogen) atoms. The highest BCUT2D eigenvalue weighted by Gasteiger charge is 2.12. The number of hydrogen-bond donors (Lipinski definition) is 2. The van der Waals surface area contributed by atoms with Gasteiger partial charge in [0.15, 0.2) is 0 Å². The van der Waals surface area contributed by atoms with Crippen molar-refractivity contribution in [3.63, 3.8) is 0 Å². The van der Waals surface area contributed by atoms with Crippen molar-refractivity contribution in [1.29, 1.82) is 0 Å². The summed E-state index contributed by atoms with van der Waals surface area (Å²) in [6.45, 7) is -0.292. The van der Waals surface area contributed by atoms with Gasteiger partial charge in [0.25, 0.3) is 11.5 Å². The fourth-order valence-corrected chi connectivity index (χ4v) is 2.90. The van der Waals surface area contributed by atoms with Crippen molar-refractivity contribution in [1.82, 2.24) is 4.57 Å². The monoisotopic (exact) mass is 435 g/mol. The van der Waals surface area contributed by atoms with Crippen molar-refractivity contribution in [2.24, 2.45) is 0 Å². The molecule has 0 bridgehead atoms. The summed E-state index contributed by atoms with van der Waals surface area (Å²) in [4.78, 5) is 48.4. The lowest BCUT2D eigenvalue weighted by atomic mass is 10.2. The molecule has 1 heterocycles. The van der Waals surface area contributed by atoms with Gasteiger partial charge in [-0.1, -0.05) is 12.1 Å². The molecular weight excluding hydrogens is 414 g/mol. The number of amides is 2. The van der Waals surface area contributed by atoms with E-state index >= 15 is 0 Å². The molecule has 0 aliphatic carbocycles. The fourth-order valence-electron chi connectivity index (χ4n) is 2.90. The van der Waals surface area contributed by atoms with E-state index in [4.69, 9.17) is 4.74 Å². The van der Waals surface area contributed by atoms with Gasteiger partial charge in [-0.05, 0) is 42.5 Å². The van der Waals surface area contributed by atoms with Crippen LogP contribution < -0.4 is 20.9 Å². The summed E-state index contributed by atoms with van der Waals surface area (Å²) in [5, 5.41) is 5.42. The number of hydrogen-bond acceptors (Lipinski definition) is 6. The van der Waals surface area contributed by atoms with Gasteiger partial charge in [0.2, 0.25) is 5.91 Å². The molecular formula is C23H21N3O6. The molecule has 9 heteroatoms. The molecule has 0 aliphatic rings. The summed E-state index contributed by atoms with van der Waals surface area (Å²) in [6, 6.07) is 15.8. The first-order chi connectivity index (χ1) is 15.4. The molecule has 2 N–H and O–H groups in total. The third-order valence-corrected chi connectivity index (χ3v) is 4.50. The molecule has 0 unspecified atom stereocenters. The number of benzene rings is 2. The molecule has 0 radical (unpaired) electrons. The molecule has 164 valence electrons. The fraction of sp³-hybridized carbons (Fsp3) is 0.130. The summed E-state index contributed by atoms with van der Waals surface area (Å²) in [5.41, 5.74) is 1.09. The van der Waals surface area contributed by atoms with Crippen LogP contribution in [0.5, 0.6) is 5.75 Å². The Hall–Kier alpha value is -4.40. The molecule has 9 nitrogen and oxygen atoms in total. The Bertz CT molecular complexity index is 1200. The molecule has 0 aliphatic heterocycles. The molecule has 3 aromatic rings. The Balaban J connectivity index is 1.64. The summed E-state index contributed by atoms with van der Waals surface area (Å²) in [7, 11) is 2.74. The summed E-state index contributed by atoms with van der Waals surface area (Å²) < 4.78 is 10.9. The molecule has 0 atom stereocenters. The SMILES string of the molecule is COC(=O)c1ccc(=O)n(CC(=O)Nc2ccc(C(=O)Nc3ccccc3OC)cc2)c1. The van der Waals surface area contributed by atoms with Gasteiger partial charge in [0, 0.05) is 23.5 Å². The van der Waals surface area contributed by atoms with Gasteiger partial charge in [-0.25, -0.2) is 4.79 Å². The van der Waals surface area contributed by atoms with E-state index in [-0.39, 0.29) is 18.0 Å². The number of pyridine rings is 1. The Labute approximate surface area is 183 Å². The van der Waals surface area contributed by atoms with Crippen molar-refractivity contribution in [2.45, 2.75) is 6.54 Å². The van der Waals surface area contributed by atoms with E-state index in [9.17, 15) is 19.2 Å². The number of esters is 1. The van der Waals surface area contributed by atoms with Gasteiger partial charge in [0.1, 0.15) is 12.3 Å². The number of carbonyl (C=O) groups is 3. The van der Waals surface area contributed by atoms with Crippen molar-refractivity contribution in [3.05, 3.63) is 88.3 Å². The maximum Gasteiger partial charge on any atom is 0.339 e. The maximum atomic E-state index is 12.5. The zero-order chi connectivity index (χ0) is 23.1. The minimum absolute atomic E-state index is 0.158. The number of para-hydroxylation sites is 2. The topological polar surface area (TPSA) is 116 Å². The summed E-state index contributed by atoms with van der Waals surface area (Å²) in [5.74, 6) is -0.878. The standard InChI is InChI=1S/C23H21N3O6/c1-31-19-6-4-3-5-18(19)25-22(29)15-7-10-17(11-8-15)24-20(27)14-26-13-16(23(30)32-2)9-12-21(26)28/h3-13H,14H2,1-2H3,(H,24,27)(H,25,29). The van der Waals surface area contributed by atoms with E-state index in [1.807, 2.05) is 0 Å². The predicted octanol–water partition coefficient (Wildman–Crippen LogP) is 2.53. The first-order valence-corrected chi connectivity index (χ1v) is 9.54. The normalized spacial score (nSPS) is 10.2. The van der Waals surface area contributed by atoms with Crippen LogP contribution in [0.25, 0.3) is 0 Å². The minimum Gasteiger partial charge on any atom is -0.495 e. The molecule has 3 rings (SSSR count). The van der Waals surface area contributed by atoms with Crippen LogP contribution in [-0.4, -0.2) is 36.6 Å². The third kappa shape index (κ3) is 5.39. The first-order valence-electron chi connectivity index (χ1n) is 9.54. The molecule has 0 spiro atoms. The zero-order valence-electron chi connectivity index (χ0n) is 17.5. The maximum absolute atomic E-state index is 12.5. The Morgan fingerprint density at radius 2 is 1.56 bits per heavy atom. The second-order valence-electron chi connectivity index (χ2n) is 6.66. The number of methoxy groups -OCH3 is 2. The van der Waals surface area contributed by atoms with Crippen LogP contribution >= 0.6 is 0 Å². The van der Waals surface area contributed by atoms with E-state index in [2.05, 4.69) is 15.4 Å². The van der Waals surface area contributed by atoms with Crippen molar-refractivity contribution >= 4 is 29.2 Å². The summed E-state index contributed by atoms with van der Waals surface area (Å²) in [6.07, 6.45) is 1.26.